The van der Waals surface area contributed by atoms with Gasteiger partial charge < -0.3 is 9.47 Å². The molecule has 0 radical (unpaired) electrons. The van der Waals surface area contributed by atoms with Crippen molar-refractivity contribution in [2.24, 2.45) is 5.92 Å². The third-order valence-electron chi connectivity index (χ3n) is 3.99. The van der Waals surface area contributed by atoms with Crippen LogP contribution in [0, 0.1) is 5.92 Å². The fourth-order valence-corrected chi connectivity index (χ4v) is 3.71. The topological polar surface area (TPSA) is 73.3 Å². The third kappa shape index (κ3) is 4.21. The number of nitrogens with zero attached hydrogens (tertiary/aromatic N) is 2. The first-order valence-corrected chi connectivity index (χ1v) is 8.45. The molecule has 0 bridgehead atoms. The highest BCUT2D eigenvalue weighted by Crippen LogP contribution is 2.28. The highest BCUT2D eigenvalue weighted by atomic mass is 32.1. The van der Waals surface area contributed by atoms with E-state index in [1.54, 1.807) is 0 Å². The first kappa shape index (κ1) is 14.9. The molecular weight excluding hydrogens is 290 g/mol. The first-order valence-electron chi connectivity index (χ1n) is 7.64. The van der Waals surface area contributed by atoms with Crippen molar-refractivity contribution in [2.75, 3.05) is 25.1 Å². The van der Waals surface area contributed by atoms with Gasteiger partial charge in [-0.05, 0) is 5.92 Å². The van der Waals surface area contributed by atoms with Crippen molar-refractivity contribution in [3.8, 4) is 0 Å². The van der Waals surface area contributed by atoms with Crippen molar-refractivity contribution in [3.63, 3.8) is 0 Å². The van der Waals surface area contributed by atoms with E-state index >= 15 is 0 Å². The number of aromatic nitrogens is 2. The molecule has 2 fully saturated rings. The van der Waals surface area contributed by atoms with Crippen molar-refractivity contribution < 1.29 is 14.3 Å². The van der Waals surface area contributed by atoms with Crippen LogP contribution in [0.4, 0.5) is 5.13 Å². The number of ether oxygens (including phenoxy) is 2. The summed E-state index contributed by atoms with van der Waals surface area (Å²) in [4.78, 5) is 12.0. The molecule has 1 amide bonds. The number of amides is 1. The van der Waals surface area contributed by atoms with Gasteiger partial charge in [-0.2, -0.15) is 0 Å². The quantitative estimate of drug-likeness (QED) is 0.921. The minimum absolute atomic E-state index is 0.199. The van der Waals surface area contributed by atoms with E-state index in [0.29, 0.717) is 25.0 Å². The van der Waals surface area contributed by atoms with Crippen molar-refractivity contribution in [3.05, 3.63) is 5.01 Å². The van der Waals surface area contributed by atoms with Crippen LogP contribution in [0.15, 0.2) is 0 Å². The zero-order chi connectivity index (χ0) is 14.5. The molecule has 1 aliphatic heterocycles. The zero-order valence-electron chi connectivity index (χ0n) is 12.0. The lowest BCUT2D eigenvalue weighted by Crippen LogP contribution is -2.39. The van der Waals surface area contributed by atoms with Crippen molar-refractivity contribution >= 4 is 22.4 Å². The van der Waals surface area contributed by atoms with Gasteiger partial charge in [0.15, 0.2) is 6.10 Å². The van der Waals surface area contributed by atoms with Crippen LogP contribution < -0.4 is 5.32 Å². The van der Waals surface area contributed by atoms with Crippen molar-refractivity contribution in [2.45, 2.75) is 44.6 Å². The van der Waals surface area contributed by atoms with Gasteiger partial charge in [-0.3, -0.25) is 10.1 Å². The maximum absolute atomic E-state index is 12.0. The summed E-state index contributed by atoms with van der Waals surface area (Å²) in [6, 6.07) is 0. The van der Waals surface area contributed by atoms with Gasteiger partial charge in [0, 0.05) is 6.42 Å². The van der Waals surface area contributed by atoms with Gasteiger partial charge in [-0.15, -0.1) is 10.2 Å². The number of nitrogens with one attached hydrogen (secondary N) is 1. The summed E-state index contributed by atoms with van der Waals surface area (Å²) in [5, 5.41) is 12.6. The van der Waals surface area contributed by atoms with Gasteiger partial charge in [0.25, 0.3) is 5.91 Å². The van der Waals surface area contributed by atoms with Crippen LogP contribution in [0.1, 0.15) is 37.1 Å². The highest BCUT2D eigenvalue weighted by Gasteiger charge is 2.24. The average molecular weight is 311 g/mol. The summed E-state index contributed by atoms with van der Waals surface area (Å²) in [5.41, 5.74) is 0. The minimum atomic E-state index is -0.538. The third-order valence-corrected chi connectivity index (χ3v) is 4.85. The second-order valence-electron chi connectivity index (χ2n) is 5.63. The van der Waals surface area contributed by atoms with Crippen LogP contribution in [-0.2, 0) is 20.7 Å². The van der Waals surface area contributed by atoms with E-state index in [1.807, 2.05) is 0 Å². The number of rotatable bonds is 4. The predicted octanol–water partition coefficient (Wildman–Crippen LogP) is 2.01. The number of hydrogen-bond acceptors (Lipinski definition) is 6. The van der Waals surface area contributed by atoms with E-state index in [1.165, 1.54) is 43.4 Å². The largest absolute Gasteiger partial charge is 0.376 e. The Morgan fingerprint density at radius 1 is 1.24 bits per heavy atom. The number of hydrogen-bond donors (Lipinski definition) is 1. The summed E-state index contributed by atoms with van der Waals surface area (Å²) < 4.78 is 10.6. The standard InChI is InChI=1S/C14H21N3O3S/c18-13(11-9-19-6-7-20-11)15-14-17-16-12(21-14)8-10-4-2-1-3-5-10/h10-11H,1-9H2,(H,15,17,18)/t11-/m1/s1. The van der Waals surface area contributed by atoms with Crippen molar-refractivity contribution in [1.82, 2.24) is 10.2 Å². The summed E-state index contributed by atoms with van der Waals surface area (Å²) in [5.74, 6) is 0.528. The maximum atomic E-state index is 12.0. The van der Waals surface area contributed by atoms with Crippen LogP contribution in [0.5, 0.6) is 0 Å². The minimum Gasteiger partial charge on any atom is -0.376 e. The van der Waals surface area contributed by atoms with Gasteiger partial charge in [0.1, 0.15) is 5.01 Å². The van der Waals surface area contributed by atoms with E-state index in [4.69, 9.17) is 9.47 Å². The fraction of sp³-hybridized carbons (Fsp3) is 0.786. The van der Waals surface area contributed by atoms with Gasteiger partial charge >= 0.3 is 0 Å². The highest BCUT2D eigenvalue weighted by molar-refractivity contribution is 7.15. The first-order chi connectivity index (χ1) is 10.3. The van der Waals surface area contributed by atoms with E-state index in [9.17, 15) is 4.79 Å². The maximum Gasteiger partial charge on any atom is 0.257 e. The molecule has 2 heterocycles. The Morgan fingerprint density at radius 2 is 2.10 bits per heavy atom. The summed E-state index contributed by atoms with van der Waals surface area (Å²) >= 11 is 1.47. The SMILES string of the molecule is O=C(Nc1nnc(CC2CCCCC2)s1)[C@H]1COCCO1. The molecule has 1 saturated heterocycles. The molecule has 2 aliphatic rings. The Balaban J connectivity index is 1.50. The Labute approximate surface area is 128 Å². The van der Waals surface area contributed by atoms with E-state index < -0.39 is 6.10 Å². The lowest BCUT2D eigenvalue weighted by Gasteiger charge is -2.21. The van der Waals surface area contributed by atoms with E-state index in [-0.39, 0.29) is 5.91 Å². The molecule has 1 aromatic rings. The van der Waals surface area contributed by atoms with Crippen LogP contribution in [0.2, 0.25) is 0 Å². The van der Waals surface area contributed by atoms with Crippen molar-refractivity contribution in [1.29, 1.82) is 0 Å². The molecule has 0 unspecified atom stereocenters. The van der Waals surface area contributed by atoms with Crippen LogP contribution in [0.25, 0.3) is 0 Å². The Morgan fingerprint density at radius 3 is 2.86 bits per heavy atom. The van der Waals surface area contributed by atoms with E-state index in [0.717, 1.165) is 17.3 Å². The molecular formula is C14H21N3O3S. The molecule has 1 N–H and O–H groups in total. The predicted molar refractivity (Wildman–Crippen MR) is 79.4 cm³/mol. The molecule has 1 saturated carbocycles. The van der Waals surface area contributed by atoms with E-state index in [2.05, 4.69) is 15.5 Å². The molecule has 1 aromatic heterocycles. The number of anilines is 1. The molecule has 1 atom stereocenters. The Hall–Kier alpha value is -1.05. The lowest BCUT2D eigenvalue weighted by atomic mass is 9.87. The van der Waals surface area contributed by atoms with Gasteiger partial charge in [0.05, 0.1) is 19.8 Å². The number of carbonyl (C=O) groups excluding carboxylic acids is 1. The molecule has 7 heteroatoms. The van der Waals surface area contributed by atoms with Gasteiger partial charge in [-0.25, -0.2) is 0 Å². The molecule has 21 heavy (non-hydrogen) atoms. The van der Waals surface area contributed by atoms with Crippen LogP contribution in [-0.4, -0.2) is 42.0 Å². The van der Waals surface area contributed by atoms with Crippen LogP contribution >= 0.6 is 11.3 Å². The fourth-order valence-electron chi connectivity index (χ4n) is 2.85. The molecule has 3 rings (SSSR count). The smallest absolute Gasteiger partial charge is 0.257 e. The summed E-state index contributed by atoms with van der Waals surface area (Å²) in [6.45, 7) is 1.31. The molecule has 0 spiro atoms. The lowest BCUT2D eigenvalue weighted by molar-refractivity contribution is -0.142. The average Bonchev–Trinajstić information content (AvgIpc) is 2.96. The molecule has 6 nitrogen and oxygen atoms in total. The zero-order valence-corrected chi connectivity index (χ0v) is 12.9. The van der Waals surface area contributed by atoms with Gasteiger partial charge in [0.2, 0.25) is 5.13 Å². The molecule has 116 valence electrons. The number of carbonyl (C=O) groups is 1. The summed E-state index contributed by atoms with van der Waals surface area (Å²) in [6.07, 6.45) is 7.03. The monoisotopic (exact) mass is 311 g/mol. The second kappa shape index (κ2) is 7.29. The Bertz CT molecular complexity index is 468. The summed E-state index contributed by atoms with van der Waals surface area (Å²) in [7, 11) is 0. The second-order valence-corrected chi connectivity index (χ2v) is 6.69. The normalized spacial score (nSPS) is 23.9. The molecule has 1 aliphatic carbocycles. The Kier molecular flexibility index (Phi) is 5.16. The molecule has 0 aromatic carbocycles. The van der Waals surface area contributed by atoms with Gasteiger partial charge in [-0.1, -0.05) is 43.4 Å². The van der Waals surface area contributed by atoms with Crippen LogP contribution in [0.3, 0.4) is 0 Å².